The van der Waals surface area contributed by atoms with Gasteiger partial charge in [0.1, 0.15) is 10.5 Å². The average molecular weight is 160 g/mol. The number of hydrogen-bond acceptors (Lipinski definition) is 1. The second kappa shape index (κ2) is 4.91. The van der Waals surface area contributed by atoms with Crippen LogP contribution in [-0.4, -0.2) is 16.1 Å². The molecule has 0 heterocycles. The Morgan fingerprint density at radius 3 is 2.30 bits per heavy atom. The van der Waals surface area contributed by atoms with Crippen LogP contribution >= 0.6 is 0 Å². The summed E-state index contributed by atoms with van der Waals surface area (Å²) < 4.78 is 5.53. The highest BCUT2D eigenvalue weighted by Crippen LogP contribution is 2.20. The van der Waals surface area contributed by atoms with Crippen LogP contribution in [0.3, 0.4) is 0 Å². The Balaban J connectivity index is 3.58. The Bertz CT molecular complexity index is 79.3. The lowest BCUT2D eigenvalue weighted by atomic mass is 9.97. The maximum absolute atomic E-state index is 5.53. The molecule has 0 aromatic heterocycles. The number of unbranched alkanes of at least 4 members (excludes halogenated alkanes) is 1. The van der Waals surface area contributed by atoms with Crippen LogP contribution in [0.15, 0.2) is 0 Å². The molecule has 0 aliphatic rings. The fourth-order valence-electron chi connectivity index (χ4n) is 0.974. The van der Waals surface area contributed by atoms with Crippen LogP contribution in [0.5, 0.6) is 0 Å². The zero-order chi connectivity index (χ0) is 8.04. The topological polar surface area (TPSA) is 9.23 Å². The minimum atomic E-state index is 0.197. The Morgan fingerprint density at radius 2 is 2.00 bits per heavy atom. The van der Waals surface area contributed by atoms with Crippen molar-refractivity contribution >= 4 is 10.5 Å². The first-order valence-electron chi connectivity index (χ1n) is 4.23. The van der Waals surface area contributed by atoms with Crippen molar-refractivity contribution in [2.75, 3.05) is 0 Å². The molecule has 1 unspecified atom stereocenters. The standard InChI is InChI=1S/C8H20OSi/c1-4-6-7-8(3,5-2)9-10/h4-7H2,1-3,10H3. The van der Waals surface area contributed by atoms with Crippen LogP contribution in [0.2, 0.25) is 0 Å². The maximum atomic E-state index is 5.53. The predicted octanol–water partition coefficient (Wildman–Crippen LogP) is 1.64. The van der Waals surface area contributed by atoms with Crippen LogP contribution in [0.1, 0.15) is 46.5 Å². The zero-order valence-electron chi connectivity index (χ0n) is 7.74. The summed E-state index contributed by atoms with van der Waals surface area (Å²) in [4.78, 5) is 0. The molecule has 2 heteroatoms. The van der Waals surface area contributed by atoms with Gasteiger partial charge in [0.25, 0.3) is 0 Å². The number of rotatable bonds is 5. The molecule has 0 radical (unpaired) electrons. The van der Waals surface area contributed by atoms with Gasteiger partial charge in [-0.05, 0) is 19.8 Å². The molecule has 0 aromatic rings. The maximum Gasteiger partial charge on any atom is 0.146 e. The van der Waals surface area contributed by atoms with Gasteiger partial charge in [0, 0.05) is 0 Å². The highest BCUT2D eigenvalue weighted by molar-refractivity contribution is 5.98. The van der Waals surface area contributed by atoms with Gasteiger partial charge in [-0.2, -0.15) is 0 Å². The van der Waals surface area contributed by atoms with E-state index in [-0.39, 0.29) is 5.60 Å². The van der Waals surface area contributed by atoms with Crippen LogP contribution in [0.25, 0.3) is 0 Å². The fourth-order valence-corrected chi connectivity index (χ4v) is 1.47. The average Bonchev–Trinajstić information content (AvgIpc) is 2.00. The van der Waals surface area contributed by atoms with Crippen LogP contribution < -0.4 is 0 Å². The molecule has 0 spiro atoms. The van der Waals surface area contributed by atoms with Crippen molar-refractivity contribution in [1.29, 1.82) is 0 Å². The molecule has 10 heavy (non-hydrogen) atoms. The van der Waals surface area contributed by atoms with Crippen LogP contribution in [-0.2, 0) is 4.43 Å². The van der Waals surface area contributed by atoms with Gasteiger partial charge < -0.3 is 4.43 Å². The molecule has 1 atom stereocenters. The minimum absolute atomic E-state index is 0.197. The van der Waals surface area contributed by atoms with Crippen LogP contribution in [0, 0.1) is 0 Å². The van der Waals surface area contributed by atoms with Crippen molar-refractivity contribution in [3.05, 3.63) is 0 Å². The molecular weight excluding hydrogens is 140 g/mol. The second-order valence-corrected chi connectivity index (χ2v) is 3.52. The van der Waals surface area contributed by atoms with Crippen LogP contribution in [0.4, 0.5) is 0 Å². The quantitative estimate of drug-likeness (QED) is 0.556. The summed E-state index contributed by atoms with van der Waals surface area (Å²) in [5, 5.41) is 0. The van der Waals surface area contributed by atoms with E-state index in [1.165, 1.54) is 19.3 Å². The SMILES string of the molecule is CCCCC(C)(CC)O[SiH3]. The normalized spacial score (nSPS) is 17.1. The van der Waals surface area contributed by atoms with Gasteiger partial charge in [0.15, 0.2) is 0 Å². The van der Waals surface area contributed by atoms with Gasteiger partial charge in [-0.25, -0.2) is 0 Å². The van der Waals surface area contributed by atoms with E-state index in [4.69, 9.17) is 4.43 Å². The first-order chi connectivity index (χ1) is 4.68. The molecule has 0 aromatic carbocycles. The summed E-state index contributed by atoms with van der Waals surface area (Å²) in [6.45, 7) is 6.65. The van der Waals surface area contributed by atoms with Crippen molar-refractivity contribution in [2.45, 2.75) is 52.1 Å². The number of hydrogen-bond donors (Lipinski definition) is 0. The van der Waals surface area contributed by atoms with E-state index in [0.717, 1.165) is 16.9 Å². The lowest BCUT2D eigenvalue weighted by Crippen LogP contribution is -2.26. The van der Waals surface area contributed by atoms with E-state index < -0.39 is 0 Å². The van der Waals surface area contributed by atoms with E-state index in [2.05, 4.69) is 20.8 Å². The van der Waals surface area contributed by atoms with Gasteiger partial charge in [0.05, 0.1) is 5.60 Å². The highest BCUT2D eigenvalue weighted by Gasteiger charge is 2.18. The molecule has 0 bridgehead atoms. The van der Waals surface area contributed by atoms with Crippen molar-refractivity contribution < 1.29 is 4.43 Å². The molecule has 0 fully saturated rings. The van der Waals surface area contributed by atoms with Crippen molar-refractivity contribution in [3.63, 3.8) is 0 Å². The third-order valence-corrected chi connectivity index (χ3v) is 3.29. The molecule has 0 aliphatic heterocycles. The van der Waals surface area contributed by atoms with E-state index in [0.29, 0.717) is 0 Å². The lowest BCUT2D eigenvalue weighted by molar-refractivity contribution is 0.0839. The molecule has 0 amide bonds. The van der Waals surface area contributed by atoms with E-state index in [1.54, 1.807) is 0 Å². The summed E-state index contributed by atoms with van der Waals surface area (Å²) in [5.41, 5.74) is 0.197. The van der Waals surface area contributed by atoms with Crippen molar-refractivity contribution in [2.24, 2.45) is 0 Å². The van der Waals surface area contributed by atoms with Gasteiger partial charge in [-0.3, -0.25) is 0 Å². The van der Waals surface area contributed by atoms with Gasteiger partial charge in [-0.1, -0.05) is 26.7 Å². The Morgan fingerprint density at radius 1 is 1.40 bits per heavy atom. The van der Waals surface area contributed by atoms with Crippen molar-refractivity contribution in [3.8, 4) is 0 Å². The summed E-state index contributed by atoms with van der Waals surface area (Å²) in [6.07, 6.45) is 4.95. The van der Waals surface area contributed by atoms with E-state index >= 15 is 0 Å². The summed E-state index contributed by atoms with van der Waals surface area (Å²) in [5.74, 6) is 0. The van der Waals surface area contributed by atoms with E-state index in [9.17, 15) is 0 Å². The van der Waals surface area contributed by atoms with Gasteiger partial charge in [0.2, 0.25) is 0 Å². The fraction of sp³-hybridized carbons (Fsp3) is 1.00. The summed E-state index contributed by atoms with van der Waals surface area (Å²) >= 11 is 0. The van der Waals surface area contributed by atoms with E-state index in [1.807, 2.05) is 0 Å². The third-order valence-electron chi connectivity index (χ3n) is 2.30. The smallest absolute Gasteiger partial charge is 0.146 e. The Hall–Kier alpha value is 0.177. The molecule has 0 N–H and O–H groups in total. The summed E-state index contributed by atoms with van der Waals surface area (Å²) in [7, 11) is 0.873. The first-order valence-corrected chi connectivity index (χ1v) is 5.05. The molecule has 0 saturated carbocycles. The summed E-state index contributed by atoms with van der Waals surface area (Å²) in [6, 6.07) is 0. The Kier molecular flexibility index (Phi) is 5.00. The Labute approximate surface area is 67.7 Å². The zero-order valence-corrected chi connectivity index (χ0v) is 9.74. The predicted molar refractivity (Wildman–Crippen MR) is 49.2 cm³/mol. The largest absolute Gasteiger partial charge is 0.423 e. The minimum Gasteiger partial charge on any atom is -0.423 e. The molecular formula is C8H20OSi. The monoisotopic (exact) mass is 160 g/mol. The molecule has 0 rings (SSSR count). The second-order valence-electron chi connectivity index (χ2n) is 3.11. The molecule has 0 aliphatic carbocycles. The lowest BCUT2D eigenvalue weighted by Gasteiger charge is -2.27. The third kappa shape index (κ3) is 3.37. The van der Waals surface area contributed by atoms with Crippen molar-refractivity contribution in [1.82, 2.24) is 0 Å². The molecule has 0 saturated heterocycles. The molecule has 1 nitrogen and oxygen atoms in total. The highest BCUT2D eigenvalue weighted by atomic mass is 28.2. The molecule has 62 valence electrons. The van der Waals surface area contributed by atoms with Gasteiger partial charge >= 0.3 is 0 Å². The van der Waals surface area contributed by atoms with Gasteiger partial charge in [-0.15, -0.1) is 0 Å². The first kappa shape index (κ1) is 10.2.